The zero-order valence-electron chi connectivity index (χ0n) is 17.5. The summed E-state index contributed by atoms with van der Waals surface area (Å²) in [6.45, 7) is 8.38. The molecule has 3 aromatic rings. The molecule has 0 saturated heterocycles. The van der Waals surface area contributed by atoms with Gasteiger partial charge in [0.15, 0.2) is 5.75 Å². The molecular weight excluding hydrogens is 382 g/mol. The first kappa shape index (κ1) is 21.1. The Morgan fingerprint density at radius 3 is 2.33 bits per heavy atom. The van der Waals surface area contributed by atoms with Gasteiger partial charge in [-0.25, -0.2) is 0 Å². The Bertz CT molecular complexity index is 1030. The van der Waals surface area contributed by atoms with Gasteiger partial charge in [0.1, 0.15) is 11.5 Å². The summed E-state index contributed by atoms with van der Waals surface area (Å²) in [5, 5.41) is 6.81. The maximum Gasteiger partial charge on any atom is 0.296 e. The molecule has 156 valence electrons. The SMILES string of the molecule is CCOc1ccc(Oc2ccccc2NC(=O)C(=O)c2cnn(C(C)(C)C)c2)cc1. The normalized spacial score (nSPS) is 11.1. The number of rotatable bonds is 7. The average Bonchev–Trinajstić information content (AvgIpc) is 3.21. The summed E-state index contributed by atoms with van der Waals surface area (Å²) in [5.41, 5.74) is 0.341. The smallest absolute Gasteiger partial charge is 0.296 e. The highest BCUT2D eigenvalue weighted by atomic mass is 16.5. The standard InChI is InChI=1S/C23H25N3O4/c1-5-29-17-10-12-18(13-11-17)30-20-9-7-6-8-19(20)25-22(28)21(27)16-14-24-26(15-16)23(2,3)4/h6-15H,5H2,1-4H3,(H,25,28). The summed E-state index contributed by atoms with van der Waals surface area (Å²) in [6.07, 6.45) is 2.97. The number of aromatic nitrogens is 2. The number of hydrogen-bond donors (Lipinski definition) is 1. The number of hydrogen-bond acceptors (Lipinski definition) is 5. The summed E-state index contributed by atoms with van der Waals surface area (Å²) < 4.78 is 13.0. The van der Waals surface area contributed by atoms with E-state index < -0.39 is 11.7 Å². The van der Waals surface area contributed by atoms with Gasteiger partial charge < -0.3 is 14.8 Å². The molecule has 2 aromatic carbocycles. The Morgan fingerprint density at radius 2 is 1.70 bits per heavy atom. The van der Waals surface area contributed by atoms with Crippen molar-refractivity contribution in [2.24, 2.45) is 0 Å². The molecule has 1 amide bonds. The molecule has 0 radical (unpaired) electrons. The fourth-order valence-corrected chi connectivity index (χ4v) is 2.67. The summed E-state index contributed by atoms with van der Waals surface area (Å²) >= 11 is 0. The number of anilines is 1. The maximum atomic E-state index is 12.5. The number of amides is 1. The van der Waals surface area contributed by atoms with Crippen molar-refractivity contribution in [3.63, 3.8) is 0 Å². The Hall–Kier alpha value is -3.61. The second kappa shape index (κ2) is 8.82. The minimum Gasteiger partial charge on any atom is -0.494 e. The van der Waals surface area contributed by atoms with Gasteiger partial charge in [-0.1, -0.05) is 12.1 Å². The van der Waals surface area contributed by atoms with Crippen LogP contribution >= 0.6 is 0 Å². The molecule has 0 aliphatic carbocycles. The van der Waals surface area contributed by atoms with Crippen LogP contribution in [0.4, 0.5) is 5.69 Å². The van der Waals surface area contributed by atoms with Gasteiger partial charge in [0, 0.05) is 6.20 Å². The molecule has 7 heteroatoms. The highest BCUT2D eigenvalue weighted by Gasteiger charge is 2.22. The average molecular weight is 407 g/mol. The summed E-state index contributed by atoms with van der Waals surface area (Å²) in [6, 6.07) is 14.1. The zero-order chi connectivity index (χ0) is 21.7. The third kappa shape index (κ3) is 5.05. The van der Waals surface area contributed by atoms with Crippen LogP contribution in [0.15, 0.2) is 60.9 Å². The van der Waals surface area contributed by atoms with Gasteiger partial charge >= 0.3 is 0 Å². The molecule has 0 atom stereocenters. The van der Waals surface area contributed by atoms with Crippen molar-refractivity contribution in [2.45, 2.75) is 33.2 Å². The Labute approximate surface area is 175 Å². The van der Waals surface area contributed by atoms with Crippen molar-refractivity contribution in [3.8, 4) is 17.2 Å². The molecule has 0 unspecified atom stereocenters. The van der Waals surface area contributed by atoms with E-state index in [1.165, 1.54) is 6.20 Å². The van der Waals surface area contributed by atoms with Crippen molar-refractivity contribution < 1.29 is 19.1 Å². The van der Waals surface area contributed by atoms with Gasteiger partial charge in [-0.3, -0.25) is 14.3 Å². The lowest BCUT2D eigenvalue weighted by Gasteiger charge is -2.18. The van der Waals surface area contributed by atoms with Gasteiger partial charge in [0.05, 0.1) is 29.6 Å². The second-order valence-corrected chi connectivity index (χ2v) is 7.63. The van der Waals surface area contributed by atoms with Crippen LogP contribution in [0.3, 0.4) is 0 Å². The van der Waals surface area contributed by atoms with Crippen LogP contribution in [0.1, 0.15) is 38.1 Å². The first-order valence-corrected chi connectivity index (χ1v) is 9.68. The van der Waals surface area contributed by atoms with E-state index in [2.05, 4.69) is 10.4 Å². The zero-order valence-corrected chi connectivity index (χ0v) is 17.5. The topological polar surface area (TPSA) is 82.4 Å². The van der Waals surface area contributed by atoms with E-state index in [0.29, 0.717) is 23.8 Å². The van der Waals surface area contributed by atoms with E-state index in [4.69, 9.17) is 9.47 Å². The summed E-state index contributed by atoms with van der Waals surface area (Å²) in [5.74, 6) is 0.325. The molecule has 0 aliphatic rings. The molecular formula is C23H25N3O4. The third-order valence-corrected chi connectivity index (χ3v) is 4.24. The van der Waals surface area contributed by atoms with Crippen molar-refractivity contribution in [1.29, 1.82) is 0 Å². The monoisotopic (exact) mass is 407 g/mol. The third-order valence-electron chi connectivity index (χ3n) is 4.24. The van der Waals surface area contributed by atoms with Crippen molar-refractivity contribution >= 4 is 17.4 Å². The lowest BCUT2D eigenvalue weighted by atomic mass is 10.1. The second-order valence-electron chi connectivity index (χ2n) is 7.63. The molecule has 0 bridgehead atoms. The molecule has 3 rings (SSSR count). The molecule has 0 saturated carbocycles. The van der Waals surface area contributed by atoms with Crippen LogP contribution < -0.4 is 14.8 Å². The van der Waals surface area contributed by atoms with Crippen LogP contribution in [0.5, 0.6) is 17.2 Å². The first-order chi connectivity index (χ1) is 14.3. The number of benzene rings is 2. The van der Waals surface area contributed by atoms with E-state index in [1.807, 2.05) is 27.7 Å². The molecule has 1 N–H and O–H groups in total. The van der Waals surface area contributed by atoms with Gasteiger partial charge in [0.25, 0.3) is 11.7 Å². The number of para-hydroxylation sites is 2. The number of carbonyl (C=O) groups excluding carboxylic acids is 2. The van der Waals surface area contributed by atoms with Crippen LogP contribution in [0.25, 0.3) is 0 Å². The van der Waals surface area contributed by atoms with Crippen LogP contribution in [0.2, 0.25) is 0 Å². The summed E-state index contributed by atoms with van der Waals surface area (Å²) in [4.78, 5) is 25.1. The Balaban J connectivity index is 1.73. The number of nitrogens with zero attached hydrogens (tertiary/aromatic N) is 2. The molecule has 0 fully saturated rings. The molecule has 1 heterocycles. The van der Waals surface area contributed by atoms with Gasteiger partial charge in [-0.15, -0.1) is 0 Å². The number of carbonyl (C=O) groups is 2. The first-order valence-electron chi connectivity index (χ1n) is 9.68. The van der Waals surface area contributed by atoms with E-state index in [-0.39, 0.29) is 11.1 Å². The van der Waals surface area contributed by atoms with Crippen molar-refractivity contribution in [2.75, 3.05) is 11.9 Å². The number of nitrogens with one attached hydrogen (secondary N) is 1. The van der Waals surface area contributed by atoms with Crippen LogP contribution in [0, 0.1) is 0 Å². The predicted octanol–water partition coefficient (Wildman–Crippen LogP) is 4.65. The lowest BCUT2D eigenvalue weighted by molar-refractivity contribution is -0.112. The van der Waals surface area contributed by atoms with E-state index in [1.54, 1.807) is 59.4 Å². The Morgan fingerprint density at radius 1 is 1.03 bits per heavy atom. The molecule has 30 heavy (non-hydrogen) atoms. The summed E-state index contributed by atoms with van der Waals surface area (Å²) in [7, 11) is 0. The molecule has 0 spiro atoms. The van der Waals surface area contributed by atoms with Crippen LogP contribution in [-0.4, -0.2) is 28.1 Å². The van der Waals surface area contributed by atoms with E-state index in [9.17, 15) is 9.59 Å². The van der Waals surface area contributed by atoms with Crippen molar-refractivity contribution in [3.05, 3.63) is 66.5 Å². The van der Waals surface area contributed by atoms with E-state index in [0.717, 1.165) is 5.75 Å². The minimum atomic E-state index is -0.758. The Kier molecular flexibility index (Phi) is 6.20. The number of Topliss-reactive ketones (excluding diaryl/α,β-unsaturated/α-hetero) is 1. The predicted molar refractivity (Wildman–Crippen MR) is 114 cm³/mol. The highest BCUT2D eigenvalue weighted by Crippen LogP contribution is 2.30. The van der Waals surface area contributed by atoms with Gasteiger partial charge in [-0.2, -0.15) is 5.10 Å². The van der Waals surface area contributed by atoms with E-state index >= 15 is 0 Å². The fourth-order valence-electron chi connectivity index (χ4n) is 2.67. The van der Waals surface area contributed by atoms with Gasteiger partial charge in [0.2, 0.25) is 0 Å². The van der Waals surface area contributed by atoms with Crippen molar-refractivity contribution in [1.82, 2.24) is 9.78 Å². The molecule has 7 nitrogen and oxygen atoms in total. The number of ether oxygens (including phenoxy) is 2. The number of ketones is 1. The van der Waals surface area contributed by atoms with Crippen LogP contribution in [-0.2, 0) is 10.3 Å². The minimum absolute atomic E-state index is 0.229. The quantitative estimate of drug-likeness (QED) is 0.455. The highest BCUT2D eigenvalue weighted by molar-refractivity contribution is 6.46. The lowest BCUT2D eigenvalue weighted by Crippen LogP contribution is -2.24. The van der Waals surface area contributed by atoms with Gasteiger partial charge in [-0.05, 0) is 64.1 Å². The molecule has 0 aliphatic heterocycles. The maximum absolute atomic E-state index is 12.5. The molecule has 1 aromatic heterocycles. The largest absolute Gasteiger partial charge is 0.494 e. The fraction of sp³-hybridized carbons (Fsp3) is 0.261.